The molecule has 1 heterocycles. The van der Waals surface area contributed by atoms with E-state index in [2.05, 4.69) is 9.97 Å². The Morgan fingerprint density at radius 3 is 2.63 bits per heavy atom. The molecule has 0 saturated carbocycles. The van der Waals surface area contributed by atoms with Crippen LogP contribution >= 0.6 is 23.2 Å². The minimum absolute atomic E-state index is 0.0818. The maximum absolute atomic E-state index is 10.9. The molecule has 1 aromatic carbocycles. The summed E-state index contributed by atoms with van der Waals surface area (Å²) in [5.74, 6) is -0.856. The number of carboxylic acid groups (broad SMARTS) is 1. The van der Waals surface area contributed by atoms with E-state index >= 15 is 0 Å². The summed E-state index contributed by atoms with van der Waals surface area (Å²) in [5.41, 5.74) is 0.333. The van der Waals surface area contributed by atoms with E-state index in [4.69, 9.17) is 33.0 Å². The van der Waals surface area contributed by atoms with Crippen LogP contribution in [0.1, 0.15) is 16.2 Å². The Balaban J connectivity index is 2.35. The lowest BCUT2D eigenvalue weighted by molar-refractivity contribution is 0.0689. The fourth-order valence-electron chi connectivity index (χ4n) is 1.35. The molecule has 0 aliphatic heterocycles. The molecule has 5 nitrogen and oxygen atoms in total. The molecule has 2 aromatic rings. The van der Waals surface area contributed by atoms with Gasteiger partial charge < -0.3 is 9.84 Å². The van der Waals surface area contributed by atoms with Gasteiger partial charge in [-0.15, -0.1) is 0 Å². The third-order valence-corrected chi connectivity index (χ3v) is 2.68. The zero-order chi connectivity index (χ0) is 14.0. The predicted octanol–water partition coefficient (Wildman–Crippen LogP) is 3.58. The number of aryl methyl sites for hydroxylation is 1. The van der Waals surface area contributed by atoms with E-state index in [-0.39, 0.29) is 16.7 Å². The third-order valence-electron chi connectivity index (χ3n) is 2.15. The number of nitrogens with zero attached hydrogens (tertiary/aromatic N) is 2. The Kier molecular flexibility index (Phi) is 3.87. The molecule has 1 aromatic heterocycles. The van der Waals surface area contributed by atoms with Gasteiger partial charge in [-0.25, -0.2) is 9.78 Å². The molecule has 0 fully saturated rings. The summed E-state index contributed by atoms with van der Waals surface area (Å²) >= 11 is 11.7. The summed E-state index contributed by atoms with van der Waals surface area (Å²) in [5, 5.41) is 9.65. The summed E-state index contributed by atoms with van der Waals surface area (Å²) in [4.78, 5) is 18.6. The van der Waals surface area contributed by atoms with E-state index < -0.39 is 5.97 Å². The summed E-state index contributed by atoms with van der Waals surface area (Å²) in [6.07, 6.45) is 0. The molecule has 7 heteroatoms. The van der Waals surface area contributed by atoms with Gasteiger partial charge in [0.25, 0.3) is 0 Å². The van der Waals surface area contributed by atoms with E-state index in [0.717, 1.165) is 0 Å². The van der Waals surface area contributed by atoms with Crippen molar-refractivity contribution in [2.75, 3.05) is 0 Å². The number of hydrogen-bond acceptors (Lipinski definition) is 4. The topological polar surface area (TPSA) is 72.3 Å². The van der Waals surface area contributed by atoms with E-state index in [9.17, 15) is 4.79 Å². The van der Waals surface area contributed by atoms with Gasteiger partial charge in [0, 0.05) is 10.7 Å². The van der Waals surface area contributed by atoms with Crippen molar-refractivity contribution in [1.29, 1.82) is 0 Å². The first-order valence-electron chi connectivity index (χ1n) is 5.17. The molecule has 0 unspecified atom stereocenters. The molecule has 0 atom stereocenters. The highest BCUT2D eigenvalue weighted by atomic mass is 35.5. The largest absolute Gasteiger partial charge is 0.477 e. The minimum atomic E-state index is -1.16. The van der Waals surface area contributed by atoms with Gasteiger partial charge in [-0.2, -0.15) is 4.98 Å². The van der Waals surface area contributed by atoms with Gasteiger partial charge in [0.2, 0.25) is 0 Å². The molecular weight excluding hydrogens is 291 g/mol. The standard InChI is InChI=1S/C12H8Cl2N2O3/c1-6-4-9(11(17)18)16-12(15-6)19-10-3-2-7(13)5-8(10)14/h2-5H,1H3,(H,17,18). The molecule has 1 N–H and O–H groups in total. The number of carboxylic acids is 1. The minimum Gasteiger partial charge on any atom is -0.477 e. The number of aromatic nitrogens is 2. The third kappa shape index (κ3) is 3.33. The van der Waals surface area contributed by atoms with Crippen LogP contribution in [0.5, 0.6) is 11.8 Å². The summed E-state index contributed by atoms with van der Waals surface area (Å²) < 4.78 is 5.36. The van der Waals surface area contributed by atoms with Gasteiger partial charge in [0.15, 0.2) is 5.69 Å². The van der Waals surface area contributed by atoms with Crippen LogP contribution in [0.4, 0.5) is 0 Å². The zero-order valence-electron chi connectivity index (χ0n) is 9.72. The van der Waals surface area contributed by atoms with Crippen LogP contribution in [0, 0.1) is 6.92 Å². The molecule has 0 spiro atoms. The van der Waals surface area contributed by atoms with Gasteiger partial charge in [0.1, 0.15) is 5.75 Å². The van der Waals surface area contributed by atoms with Crippen LogP contribution in [-0.4, -0.2) is 21.0 Å². The van der Waals surface area contributed by atoms with Gasteiger partial charge in [-0.3, -0.25) is 0 Å². The van der Waals surface area contributed by atoms with Crippen LogP contribution in [-0.2, 0) is 0 Å². The molecule has 0 saturated heterocycles. The van der Waals surface area contributed by atoms with Crippen LogP contribution < -0.4 is 4.74 Å². The highest BCUT2D eigenvalue weighted by Gasteiger charge is 2.11. The van der Waals surface area contributed by atoms with E-state index in [0.29, 0.717) is 16.5 Å². The van der Waals surface area contributed by atoms with Crippen molar-refractivity contribution in [3.8, 4) is 11.8 Å². The molecule has 19 heavy (non-hydrogen) atoms. The normalized spacial score (nSPS) is 10.3. The van der Waals surface area contributed by atoms with E-state index in [1.54, 1.807) is 19.1 Å². The Morgan fingerprint density at radius 1 is 1.26 bits per heavy atom. The van der Waals surface area contributed by atoms with Crippen LogP contribution in [0.15, 0.2) is 24.3 Å². The van der Waals surface area contributed by atoms with Crippen LogP contribution in [0.25, 0.3) is 0 Å². The Bertz CT molecular complexity index is 647. The molecule has 0 amide bonds. The number of ether oxygens (including phenoxy) is 1. The quantitative estimate of drug-likeness (QED) is 0.937. The first-order chi connectivity index (χ1) is 8.95. The van der Waals surface area contributed by atoms with E-state index in [1.807, 2.05) is 0 Å². The maximum Gasteiger partial charge on any atom is 0.354 e. The van der Waals surface area contributed by atoms with Gasteiger partial charge >= 0.3 is 12.0 Å². The fraction of sp³-hybridized carbons (Fsp3) is 0.0833. The Morgan fingerprint density at radius 2 is 2.00 bits per heavy atom. The molecule has 0 radical (unpaired) electrons. The second-order valence-corrected chi connectivity index (χ2v) is 4.50. The number of rotatable bonds is 3. The van der Waals surface area contributed by atoms with Gasteiger partial charge in [-0.05, 0) is 31.2 Å². The molecule has 98 valence electrons. The SMILES string of the molecule is Cc1cc(C(=O)O)nc(Oc2ccc(Cl)cc2Cl)n1. The van der Waals surface area contributed by atoms with E-state index in [1.165, 1.54) is 12.1 Å². The maximum atomic E-state index is 10.9. The summed E-state index contributed by atoms with van der Waals surface area (Å²) in [7, 11) is 0. The van der Waals surface area contributed by atoms with Crippen LogP contribution in [0.2, 0.25) is 10.0 Å². The summed E-state index contributed by atoms with van der Waals surface area (Å²) in [6.45, 7) is 1.64. The Hall–Kier alpha value is -1.85. The highest BCUT2D eigenvalue weighted by Crippen LogP contribution is 2.30. The van der Waals surface area contributed by atoms with Crippen molar-refractivity contribution in [1.82, 2.24) is 9.97 Å². The first-order valence-corrected chi connectivity index (χ1v) is 5.93. The second-order valence-electron chi connectivity index (χ2n) is 3.66. The van der Waals surface area contributed by atoms with Crippen molar-refractivity contribution in [3.63, 3.8) is 0 Å². The van der Waals surface area contributed by atoms with Crippen molar-refractivity contribution >= 4 is 29.2 Å². The van der Waals surface area contributed by atoms with Gasteiger partial charge in [-0.1, -0.05) is 23.2 Å². The average molecular weight is 299 g/mol. The summed E-state index contributed by atoms with van der Waals surface area (Å²) in [6, 6.07) is 5.92. The van der Waals surface area contributed by atoms with Crippen molar-refractivity contribution in [3.05, 3.63) is 45.7 Å². The lowest BCUT2D eigenvalue weighted by Crippen LogP contribution is -2.04. The molecule has 0 aliphatic carbocycles. The predicted molar refractivity (Wildman–Crippen MR) is 70.3 cm³/mol. The van der Waals surface area contributed by atoms with Gasteiger partial charge in [0.05, 0.1) is 5.02 Å². The molecular formula is C12H8Cl2N2O3. The number of aromatic carboxylic acids is 1. The van der Waals surface area contributed by atoms with Crippen molar-refractivity contribution < 1.29 is 14.6 Å². The Labute approximate surface area is 118 Å². The average Bonchev–Trinajstić information content (AvgIpc) is 2.32. The number of benzene rings is 1. The number of hydrogen-bond donors (Lipinski definition) is 1. The smallest absolute Gasteiger partial charge is 0.354 e. The van der Waals surface area contributed by atoms with Crippen molar-refractivity contribution in [2.45, 2.75) is 6.92 Å². The van der Waals surface area contributed by atoms with Crippen LogP contribution in [0.3, 0.4) is 0 Å². The zero-order valence-corrected chi connectivity index (χ0v) is 11.2. The second kappa shape index (κ2) is 5.42. The molecule has 0 aliphatic rings. The molecule has 0 bridgehead atoms. The lowest BCUT2D eigenvalue weighted by atomic mass is 10.3. The monoisotopic (exact) mass is 298 g/mol. The van der Waals surface area contributed by atoms with Crippen molar-refractivity contribution in [2.24, 2.45) is 0 Å². The number of carbonyl (C=O) groups is 1. The fourth-order valence-corrected chi connectivity index (χ4v) is 1.80. The molecule has 2 rings (SSSR count). The lowest BCUT2D eigenvalue weighted by Gasteiger charge is -2.07. The number of halogens is 2. The highest BCUT2D eigenvalue weighted by molar-refractivity contribution is 6.35. The first kappa shape index (κ1) is 13.6.